The summed E-state index contributed by atoms with van der Waals surface area (Å²) in [6.07, 6.45) is 0.746. The molecule has 3 rings (SSSR count). The molecule has 90 valence electrons. The summed E-state index contributed by atoms with van der Waals surface area (Å²) >= 11 is 0. The Morgan fingerprint density at radius 3 is 2.67 bits per heavy atom. The first-order valence-electron chi connectivity index (χ1n) is 5.87. The molecule has 3 heteroatoms. The largest absolute Gasteiger partial charge is 0.294 e. The number of nitrogens with one attached hydrogen (secondary N) is 1. The van der Waals surface area contributed by atoms with E-state index in [1.807, 2.05) is 18.2 Å². The topological polar surface area (TPSA) is 49.3 Å². The Morgan fingerprint density at radius 1 is 1.17 bits per heavy atom. The SMILES string of the molecule is CC(=O)c1ccc2c(c1NO)Cc1ccccc1-2. The van der Waals surface area contributed by atoms with Gasteiger partial charge in [0.1, 0.15) is 0 Å². The van der Waals surface area contributed by atoms with Crippen LogP contribution < -0.4 is 5.48 Å². The maximum absolute atomic E-state index is 11.5. The number of carbonyl (C=O) groups excluding carboxylic acids is 1. The molecule has 0 aromatic heterocycles. The predicted octanol–water partition coefficient (Wildman–Crippen LogP) is 3.26. The predicted molar refractivity (Wildman–Crippen MR) is 70.1 cm³/mol. The molecule has 0 unspecified atom stereocenters. The van der Waals surface area contributed by atoms with Crippen LogP contribution >= 0.6 is 0 Å². The van der Waals surface area contributed by atoms with Crippen molar-refractivity contribution >= 4 is 11.5 Å². The van der Waals surface area contributed by atoms with E-state index >= 15 is 0 Å². The maximum Gasteiger partial charge on any atom is 0.161 e. The second kappa shape index (κ2) is 3.96. The van der Waals surface area contributed by atoms with Crippen molar-refractivity contribution in [1.29, 1.82) is 0 Å². The van der Waals surface area contributed by atoms with Gasteiger partial charge in [0.25, 0.3) is 0 Å². The Labute approximate surface area is 105 Å². The van der Waals surface area contributed by atoms with Crippen molar-refractivity contribution in [1.82, 2.24) is 0 Å². The fraction of sp³-hybridized carbons (Fsp3) is 0.133. The average Bonchev–Trinajstić information content (AvgIpc) is 2.75. The zero-order chi connectivity index (χ0) is 12.7. The minimum atomic E-state index is -0.0506. The van der Waals surface area contributed by atoms with Crippen molar-refractivity contribution in [3.8, 4) is 11.1 Å². The van der Waals surface area contributed by atoms with Crippen molar-refractivity contribution in [3.63, 3.8) is 0 Å². The Kier molecular flexibility index (Phi) is 2.42. The van der Waals surface area contributed by atoms with Crippen LogP contribution in [0.4, 0.5) is 5.69 Å². The summed E-state index contributed by atoms with van der Waals surface area (Å²) in [6.45, 7) is 1.50. The van der Waals surface area contributed by atoms with Gasteiger partial charge in [0.05, 0.1) is 5.69 Å². The first-order valence-corrected chi connectivity index (χ1v) is 5.87. The van der Waals surface area contributed by atoms with Gasteiger partial charge in [0.15, 0.2) is 5.78 Å². The van der Waals surface area contributed by atoms with Gasteiger partial charge in [0, 0.05) is 12.0 Å². The number of rotatable bonds is 2. The molecule has 2 N–H and O–H groups in total. The van der Waals surface area contributed by atoms with Crippen LogP contribution in [-0.2, 0) is 6.42 Å². The molecule has 1 aliphatic carbocycles. The van der Waals surface area contributed by atoms with Crippen LogP contribution in [0.3, 0.4) is 0 Å². The summed E-state index contributed by atoms with van der Waals surface area (Å²) in [5.74, 6) is -0.0506. The lowest BCUT2D eigenvalue weighted by Gasteiger charge is -2.11. The van der Waals surface area contributed by atoms with Crippen LogP contribution in [0.25, 0.3) is 11.1 Å². The van der Waals surface area contributed by atoms with Crippen LogP contribution in [0.2, 0.25) is 0 Å². The number of ketones is 1. The highest BCUT2D eigenvalue weighted by atomic mass is 16.5. The molecule has 2 aromatic rings. The van der Waals surface area contributed by atoms with E-state index in [0.717, 1.165) is 17.5 Å². The highest BCUT2D eigenvalue weighted by molar-refractivity contribution is 6.02. The number of Topliss-reactive ketones (excluding diaryl/α,β-unsaturated/α-hetero) is 1. The molecule has 0 aliphatic heterocycles. The van der Waals surface area contributed by atoms with Gasteiger partial charge in [0.2, 0.25) is 0 Å². The van der Waals surface area contributed by atoms with E-state index in [9.17, 15) is 10.0 Å². The van der Waals surface area contributed by atoms with E-state index in [1.165, 1.54) is 18.1 Å². The van der Waals surface area contributed by atoms with Crippen LogP contribution in [0.1, 0.15) is 28.4 Å². The molecule has 0 amide bonds. The van der Waals surface area contributed by atoms with Gasteiger partial charge in [-0.2, -0.15) is 0 Å². The van der Waals surface area contributed by atoms with Crippen LogP contribution in [-0.4, -0.2) is 11.0 Å². The van der Waals surface area contributed by atoms with Gasteiger partial charge in [-0.05, 0) is 35.2 Å². The Hall–Kier alpha value is -2.13. The van der Waals surface area contributed by atoms with Crippen molar-refractivity contribution in [2.75, 3.05) is 5.48 Å². The normalized spacial score (nSPS) is 11.9. The zero-order valence-electron chi connectivity index (χ0n) is 10.0. The third kappa shape index (κ3) is 1.45. The molecule has 0 heterocycles. The van der Waals surface area contributed by atoms with E-state index < -0.39 is 0 Å². The number of hydrogen-bond acceptors (Lipinski definition) is 3. The van der Waals surface area contributed by atoms with Gasteiger partial charge < -0.3 is 0 Å². The Morgan fingerprint density at radius 2 is 1.94 bits per heavy atom. The van der Waals surface area contributed by atoms with E-state index in [1.54, 1.807) is 6.07 Å². The number of hydrogen-bond donors (Lipinski definition) is 2. The smallest absolute Gasteiger partial charge is 0.161 e. The number of fused-ring (bicyclic) bond motifs is 3. The van der Waals surface area contributed by atoms with Crippen LogP contribution in [0.15, 0.2) is 36.4 Å². The van der Waals surface area contributed by atoms with Crippen molar-refractivity contribution in [2.24, 2.45) is 0 Å². The summed E-state index contributed by atoms with van der Waals surface area (Å²) in [5, 5.41) is 9.31. The highest BCUT2D eigenvalue weighted by Gasteiger charge is 2.23. The first-order chi connectivity index (χ1) is 8.72. The first kappa shape index (κ1) is 11.0. The third-order valence-electron chi connectivity index (χ3n) is 3.48. The van der Waals surface area contributed by atoms with Gasteiger partial charge >= 0.3 is 0 Å². The average molecular weight is 239 g/mol. The van der Waals surface area contributed by atoms with E-state index in [4.69, 9.17) is 0 Å². The molecular weight excluding hydrogens is 226 g/mol. The third-order valence-corrected chi connectivity index (χ3v) is 3.48. The van der Waals surface area contributed by atoms with Gasteiger partial charge in [-0.1, -0.05) is 30.3 Å². The van der Waals surface area contributed by atoms with Gasteiger partial charge in [-0.3, -0.25) is 15.5 Å². The number of benzene rings is 2. The monoisotopic (exact) mass is 239 g/mol. The lowest BCUT2D eigenvalue weighted by Crippen LogP contribution is -2.04. The highest BCUT2D eigenvalue weighted by Crippen LogP contribution is 2.41. The van der Waals surface area contributed by atoms with Crippen molar-refractivity contribution in [2.45, 2.75) is 13.3 Å². The second-order valence-electron chi connectivity index (χ2n) is 4.52. The molecule has 0 radical (unpaired) electrons. The van der Waals surface area contributed by atoms with Crippen LogP contribution in [0.5, 0.6) is 0 Å². The maximum atomic E-state index is 11.5. The zero-order valence-corrected chi connectivity index (χ0v) is 10.0. The molecule has 3 nitrogen and oxygen atoms in total. The molecule has 0 saturated heterocycles. The molecule has 1 aliphatic rings. The molecule has 2 aromatic carbocycles. The molecule has 0 atom stereocenters. The minimum absolute atomic E-state index is 0.0506. The van der Waals surface area contributed by atoms with E-state index in [2.05, 4.69) is 17.6 Å². The molecule has 18 heavy (non-hydrogen) atoms. The molecule has 0 fully saturated rings. The summed E-state index contributed by atoms with van der Waals surface area (Å²) in [5.41, 5.74) is 7.75. The fourth-order valence-corrected chi connectivity index (χ4v) is 2.63. The fourth-order valence-electron chi connectivity index (χ4n) is 2.63. The van der Waals surface area contributed by atoms with E-state index in [0.29, 0.717) is 11.3 Å². The van der Waals surface area contributed by atoms with Crippen molar-refractivity contribution in [3.05, 3.63) is 53.1 Å². The minimum Gasteiger partial charge on any atom is -0.294 e. The summed E-state index contributed by atoms with van der Waals surface area (Å²) in [7, 11) is 0. The summed E-state index contributed by atoms with van der Waals surface area (Å²) < 4.78 is 0. The van der Waals surface area contributed by atoms with Crippen molar-refractivity contribution < 1.29 is 10.0 Å². The molecule has 0 saturated carbocycles. The lowest BCUT2D eigenvalue weighted by atomic mass is 9.99. The Bertz CT molecular complexity index is 647. The quantitative estimate of drug-likeness (QED) is 0.533. The van der Waals surface area contributed by atoms with Gasteiger partial charge in [-0.15, -0.1) is 0 Å². The molecule has 0 spiro atoms. The standard InChI is InChI=1S/C15H13NO2/c1-9(17)11-6-7-13-12-5-3-2-4-10(12)8-14(13)15(11)16-18/h2-7,16,18H,8H2,1H3. The second-order valence-corrected chi connectivity index (χ2v) is 4.52. The molecular formula is C15H13NO2. The van der Waals surface area contributed by atoms with E-state index in [-0.39, 0.29) is 5.78 Å². The lowest BCUT2D eigenvalue weighted by molar-refractivity contribution is 0.101. The number of anilines is 1. The summed E-state index contributed by atoms with van der Waals surface area (Å²) in [6, 6.07) is 11.9. The molecule has 0 bridgehead atoms. The van der Waals surface area contributed by atoms with Crippen LogP contribution in [0, 0.1) is 0 Å². The summed E-state index contributed by atoms with van der Waals surface area (Å²) in [4.78, 5) is 11.5. The van der Waals surface area contributed by atoms with Gasteiger partial charge in [-0.25, -0.2) is 0 Å². The number of carbonyl (C=O) groups is 1. The Balaban J connectivity index is 2.26.